The maximum Gasteiger partial charge on any atom is 0.270 e. The number of aryl methyl sites for hydroxylation is 1. The molecule has 0 saturated heterocycles. The molecule has 0 saturated carbocycles. The van der Waals surface area contributed by atoms with E-state index in [0.29, 0.717) is 46.8 Å². The molecule has 0 aliphatic rings. The van der Waals surface area contributed by atoms with E-state index in [1.54, 1.807) is 46.5 Å². The molecule has 0 fully saturated rings. The topological polar surface area (TPSA) is 94.6 Å². The number of hydrogen-bond donors (Lipinski definition) is 2. The van der Waals surface area contributed by atoms with E-state index in [0.717, 1.165) is 12.8 Å². The lowest BCUT2D eigenvalue weighted by molar-refractivity contribution is 0.0948. The zero-order valence-corrected chi connectivity index (χ0v) is 16.4. The average Bonchev–Trinajstić information content (AvgIpc) is 2.66. The maximum atomic E-state index is 12.3. The lowest BCUT2D eigenvalue weighted by Crippen LogP contribution is -2.25. The van der Waals surface area contributed by atoms with Gasteiger partial charge in [-0.1, -0.05) is 13.3 Å². The zero-order valence-electron chi connectivity index (χ0n) is 16.4. The summed E-state index contributed by atoms with van der Waals surface area (Å²) in [5.74, 6) is 2.30. The number of aromatic nitrogens is 2. The Morgan fingerprint density at radius 1 is 1.04 bits per heavy atom. The smallest absolute Gasteiger partial charge is 0.270 e. The van der Waals surface area contributed by atoms with E-state index in [-0.39, 0.29) is 5.91 Å². The number of carbonyl (C=O) groups is 1. The van der Waals surface area contributed by atoms with Crippen LogP contribution in [0.25, 0.3) is 0 Å². The fraction of sp³-hybridized carbons (Fsp3) is 0.421. The molecule has 2 aromatic rings. The first-order chi connectivity index (χ1) is 13.0. The number of nitrogens with one attached hydrogen (secondary N) is 2. The molecule has 0 radical (unpaired) electrons. The molecule has 2 rings (SSSR count). The minimum absolute atomic E-state index is 0.220. The highest BCUT2D eigenvalue weighted by Crippen LogP contribution is 2.40. The van der Waals surface area contributed by atoms with Crippen LogP contribution in [0.4, 0.5) is 11.5 Å². The molecule has 0 aliphatic carbocycles. The number of nitrogens with zero attached hydrogens (tertiary/aromatic N) is 2. The van der Waals surface area contributed by atoms with Crippen LogP contribution in [0.5, 0.6) is 17.2 Å². The summed E-state index contributed by atoms with van der Waals surface area (Å²) in [5.41, 5.74) is 0.994. The van der Waals surface area contributed by atoms with E-state index in [2.05, 4.69) is 27.5 Å². The van der Waals surface area contributed by atoms with Gasteiger partial charge in [0.1, 0.15) is 17.3 Å². The van der Waals surface area contributed by atoms with Gasteiger partial charge in [-0.2, -0.15) is 0 Å². The van der Waals surface area contributed by atoms with Gasteiger partial charge in [0.15, 0.2) is 11.5 Å². The lowest BCUT2D eigenvalue weighted by atomic mass is 10.2. The molecule has 8 nitrogen and oxygen atoms in total. The molecule has 0 atom stereocenters. The zero-order chi connectivity index (χ0) is 19.8. The van der Waals surface area contributed by atoms with Crippen LogP contribution < -0.4 is 24.8 Å². The second-order valence-electron chi connectivity index (χ2n) is 5.83. The van der Waals surface area contributed by atoms with Crippen molar-refractivity contribution in [3.63, 3.8) is 0 Å². The number of hydrogen-bond acceptors (Lipinski definition) is 7. The Hall–Kier alpha value is -3.03. The SMILES string of the molecule is CCCCNC(=O)c1cc(Nc2cc(OC)c(OC)c(OC)c2)nc(C)n1. The van der Waals surface area contributed by atoms with Gasteiger partial charge in [-0.05, 0) is 13.3 Å². The predicted octanol–water partition coefficient (Wildman–Crippen LogP) is 3.08. The van der Waals surface area contributed by atoms with Crippen molar-refractivity contribution >= 4 is 17.4 Å². The van der Waals surface area contributed by atoms with Gasteiger partial charge < -0.3 is 24.8 Å². The highest BCUT2D eigenvalue weighted by molar-refractivity contribution is 5.93. The number of ether oxygens (including phenoxy) is 3. The second kappa shape index (κ2) is 9.61. The summed E-state index contributed by atoms with van der Waals surface area (Å²) in [4.78, 5) is 20.8. The minimum atomic E-state index is -0.220. The Morgan fingerprint density at radius 3 is 2.26 bits per heavy atom. The summed E-state index contributed by atoms with van der Waals surface area (Å²) >= 11 is 0. The minimum Gasteiger partial charge on any atom is -0.493 e. The summed E-state index contributed by atoms with van der Waals surface area (Å²) < 4.78 is 16.0. The van der Waals surface area contributed by atoms with Gasteiger partial charge >= 0.3 is 0 Å². The van der Waals surface area contributed by atoms with Crippen LogP contribution in [0.15, 0.2) is 18.2 Å². The Balaban J connectivity index is 2.28. The van der Waals surface area contributed by atoms with E-state index in [4.69, 9.17) is 14.2 Å². The second-order valence-corrected chi connectivity index (χ2v) is 5.83. The Kier molecular flexibility index (Phi) is 7.22. The summed E-state index contributed by atoms with van der Waals surface area (Å²) in [7, 11) is 4.65. The molecule has 0 unspecified atom stereocenters. The molecular formula is C19H26N4O4. The van der Waals surface area contributed by atoms with Crippen LogP contribution in [-0.2, 0) is 0 Å². The monoisotopic (exact) mass is 374 g/mol. The maximum absolute atomic E-state index is 12.3. The number of unbranched alkanes of at least 4 members (excludes halogenated alkanes) is 1. The van der Waals surface area contributed by atoms with Gasteiger partial charge in [-0.25, -0.2) is 9.97 Å². The molecule has 27 heavy (non-hydrogen) atoms. The fourth-order valence-electron chi connectivity index (χ4n) is 2.52. The van der Waals surface area contributed by atoms with Crippen molar-refractivity contribution in [2.45, 2.75) is 26.7 Å². The molecule has 1 heterocycles. The van der Waals surface area contributed by atoms with Gasteiger partial charge in [0.25, 0.3) is 5.91 Å². The largest absolute Gasteiger partial charge is 0.493 e. The van der Waals surface area contributed by atoms with Crippen molar-refractivity contribution < 1.29 is 19.0 Å². The van der Waals surface area contributed by atoms with E-state index >= 15 is 0 Å². The number of amides is 1. The van der Waals surface area contributed by atoms with Gasteiger partial charge in [0.2, 0.25) is 5.75 Å². The summed E-state index contributed by atoms with van der Waals surface area (Å²) in [6, 6.07) is 5.14. The number of methoxy groups -OCH3 is 3. The summed E-state index contributed by atoms with van der Waals surface area (Å²) in [5, 5.41) is 6.02. The van der Waals surface area contributed by atoms with Gasteiger partial charge in [-0.15, -0.1) is 0 Å². The number of anilines is 2. The van der Waals surface area contributed by atoms with Crippen LogP contribution in [0.2, 0.25) is 0 Å². The molecule has 2 N–H and O–H groups in total. The summed E-state index contributed by atoms with van der Waals surface area (Å²) in [6.07, 6.45) is 1.93. The first-order valence-electron chi connectivity index (χ1n) is 8.73. The van der Waals surface area contributed by atoms with Crippen molar-refractivity contribution in [1.82, 2.24) is 15.3 Å². The molecule has 146 valence electrons. The molecule has 1 amide bonds. The molecule has 0 aliphatic heterocycles. The normalized spacial score (nSPS) is 10.3. The third kappa shape index (κ3) is 5.22. The molecular weight excluding hydrogens is 348 g/mol. The quantitative estimate of drug-likeness (QED) is 0.651. The van der Waals surface area contributed by atoms with Gasteiger partial charge in [0.05, 0.1) is 21.3 Å². The van der Waals surface area contributed by atoms with Gasteiger partial charge in [0, 0.05) is 30.4 Å². The van der Waals surface area contributed by atoms with E-state index in [9.17, 15) is 4.79 Å². The lowest BCUT2D eigenvalue weighted by Gasteiger charge is -2.15. The van der Waals surface area contributed by atoms with Crippen LogP contribution in [0, 0.1) is 6.92 Å². The van der Waals surface area contributed by atoms with E-state index in [1.807, 2.05) is 0 Å². The number of benzene rings is 1. The Labute approximate surface area is 159 Å². The standard InChI is InChI=1S/C19H26N4O4/c1-6-7-8-20-19(24)14-11-17(22-12(2)21-14)23-13-9-15(25-3)18(27-5)16(10-13)26-4/h9-11H,6-8H2,1-5H3,(H,20,24)(H,21,22,23). The predicted molar refractivity (Wildman–Crippen MR) is 103 cm³/mol. The molecule has 0 bridgehead atoms. The first kappa shape index (κ1) is 20.3. The number of rotatable bonds is 9. The van der Waals surface area contributed by atoms with Gasteiger partial charge in [-0.3, -0.25) is 4.79 Å². The molecule has 8 heteroatoms. The van der Waals surface area contributed by atoms with E-state index < -0.39 is 0 Å². The van der Waals surface area contributed by atoms with Crippen molar-refractivity contribution in [2.24, 2.45) is 0 Å². The fourth-order valence-corrected chi connectivity index (χ4v) is 2.52. The van der Waals surface area contributed by atoms with Crippen LogP contribution in [0.3, 0.4) is 0 Å². The Bertz CT molecular complexity index is 770. The van der Waals surface area contributed by atoms with Crippen molar-refractivity contribution in [3.05, 3.63) is 29.7 Å². The average molecular weight is 374 g/mol. The van der Waals surface area contributed by atoms with Crippen molar-refractivity contribution in [3.8, 4) is 17.2 Å². The van der Waals surface area contributed by atoms with Crippen LogP contribution in [0.1, 0.15) is 36.1 Å². The molecule has 1 aromatic carbocycles. The highest BCUT2D eigenvalue weighted by atomic mass is 16.5. The third-order valence-corrected chi connectivity index (χ3v) is 3.82. The number of carbonyl (C=O) groups excluding carboxylic acids is 1. The van der Waals surface area contributed by atoms with Crippen LogP contribution >= 0.6 is 0 Å². The van der Waals surface area contributed by atoms with Crippen LogP contribution in [-0.4, -0.2) is 43.7 Å². The Morgan fingerprint density at radius 2 is 1.70 bits per heavy atom. The molecule has 0 spiro atoms. The first-order valence-corrected chi connectivity index (χ1v) is 8.73. The summed E-state index contributed by atoms with van der Waals surface area (Å²) in [6.45, 7) is 4.43. The van der Waals surface area contributed by atoms with Crippen molar-refractivity contribution in [1.29, 1.82) is 0 Å². The third-order valence-electron chi connectivity index (χ3n) is 3.82. The van der Waals surface area contributed by atoms with E-state index in [1.165, 1.54) is 0 Å². The van der Waals surface area contributed by atoms with Crippen molar-refractivity contribution in [2.75, 3.05) is 33.2 Å². The molecule has 1 aromatic heterocycles. The highest BCUT2D eigenvalue weighted by Gasteiger charge is 2.15.